The summed E-state index contributed by atoms with van der Waals surface area (Å²) in [6.07, 6.45) is 1.55. The van der Waals surface area contributed by atoms with Crippen LogP contribution >= 0.6 is 15.9 Å². The summed E-state index contributed by atoms with van der Waals surface area (Å²) in [4.78, 5) is 27.4. The Morgan fingerprint density at radius 1 is 1.42 bits per heavy atom. The number of aryl methyl sites for hydroxylation is 1. The van der Waals surface area contributed by atoms with E-state index in [9.17, 15) is 14.7 Å². The summed E-state index contributed by atoms with van der Waals surface area (Å²) in [6, 6.07) is 1.80. The van der Waals surface area contributed by atoms with Gasteiger partial charge in [0.05, 0.1) is 0 Å². The lowest BCUT2D eigenvalue weighted by Gasteiger charge is -2.25. The third-order valence-electron chi connectivity index (χ3n) is 2.66. The van der Waals surface area contributed by atoms with Crippen molar-refractivity contribution in [2.24, 2.45) is 11.3 Å². The van der Waals surface area contributed by atoms with Gasteiger partial charge in [-0.15, -0.1) is 0 Å². The quantitative estimate of drug-likeness (QED) is 0.836. The zero-order chi connectivity index (χ0) is 14.8. The van der Waals surface area contributed by atoms with Crippen molar-refractivity contribution < 1.29 is 14.7 Å². The summed E-state index contributed by atoms with van der Waals surface area (Å²) in [5.74, 6) is -2.45. The molecule has 0 fully saturated rings. The maximum absolute atomic E-state index is 12.1. The van der Waals surface area contributed by atoms with Gasteiger partial charge in [0, 0.05) is 10.7 Å². The largest absolute Gasteiger partial charge is 0.481 e. The number of nitrogens with one attached hydrogen (secondary N) is 1. The average Bonchev–Trinajstić information content (AvgIpc) is 2.19. The van der Waals surface area contributed by atoms with Crippen LogP contribution in [0.25, 0.3) is 0 Å². The van der Waals surface area contributed by atoms with E-state index in [0.717, 1.165) is 10.0 Å². The number of carboxylic acids is 1. The Bertz CT molecular complexity index is 509. The fraction of sp³-hybridized carbons (Fsp3) is 0.462. The van der Waals surface area contributed by atoms with Crippen molar-refractivity contribution in [3.63, 3.8) is 0 Å². The number of hydrogen-bond acceptors (Lipinski definition) is 3. The maximum atomic E-state index is 12.1. The monoisotopic (exact) mass is 328 g/mol. The molecule has 0 aliphatic rings. The van der Waals surface area contributed by atoms with Crippen LogP contribution in [0.4, 0.5) is 5.82 Å². The molecule has 0 aliphatic carbocycles. The van der Waals surface area contributed by atoms with Gasteiger partial charge in [-0.25, -0.2) is 4.98 Å². The van der Waals surface area contributed by atoms with Crippen molar-refractivity contribution in [1.29, 1.82) is 0 Å². The standard InChI is InChI=1S/C13H17BrN2O3/c1-7-5-8(14)6-15-10(7)16-11(17)9(12(18)19)13(2,3)4/h5-6,9H,1-4H3,(H,18,19)(H,15,16,17). The number of anilines is 1. The van der Waals surface area contributed by atoms with Gasteiger partial charge in [0.2, 0.25) is 5.91 Å². The molecular weight excluding hydrogens is 312 g/mol. The first-order chi connectivity index (χ1) is 8.62. The van der Waals surface area contributed by atoms with Gasteiger partial charge in [0.25, 0.3) is 0 Å². The van der Waals surface area contributed by atoms with E-state index in [1.807, 2.05) is 0 Å². The molecule has 1 heterocycles. The van der Waals surface area contributed by atoms with Crippen molar-refractivity contribution in [3.05, 3.63) is 22.3 Å². The molecule has 0 spiro atoms. The Balaban J connectivity index is 2.97. The molecule has 0 saturated carbocycles. The van der Waals surface area contributed by atoms with Crippen LogP contribution in [0.15, 0.2) is 16.7 Å². The molecule has 1 rings (SSSR count). The van der Waals surface area contributed by atoms with E-state index in [1.54, 1.807) is 40.0 Å². The van der Waals surface area contributed by atoms with Crippen LogP contribution in [0, 0.1) is 18.3 Å². The molecule has 1 aromatic rings. The molecule has 19 heavy (non-hydrogen) atoms. The minimum absolute atomic E-state index is 0.378. The summed E-state index contributed by atoms with van der Waals surface area (Å²) in [5.41, 5.74) is 0.0971. The zero-order valence-corrected chi connectivity index (χ0v) is 12.9. The molecular formula is C13H17BrN2O3. The van der Waals surface area contributed by atoms with Crippen molar-refractivity contribution in [3.8, 4) is 0 Å². The molecule has 6 heteroatoms. The van der Waals surface area contributed by atoms with Crippen LogP contribution in [0.1, 0.15) is 26.3 Å². The van der Waals surface area contributed by atoms with Crippen LogP contribution in [-0.4, -0.2) is 22.0 Å². The Morgan fingerprint density at radius 2 is 2.00 bits per heavy atom. The second-order valence-electron chi connectivity index (χ2n) is 5.45. The molecule has 1 atom stereocenters. The molecule has 0 bridgehead atoms. The number of rotatable bonds is 3. The number of nitrogens with zero attached hydrogens (tertiary/aromatic N) is 1. The highest BCUT2D eigenvalue weighted by Crippen LogP contribution is 2.28. The van der Waals surface area contributed by atoms with Crippen LogP contribution in [0.2, 0.25) is 0 Å². The minimum Gasteiger partial charge on any atom is -0.481 e. The van der Waals surface area contributed by atoms with E-state index < -0.39 is 23.2 Å². The number of hydrogen-bond donors (Lipinski definition) is 2. The van der Waals surface area contributed by atoms with Gasteiger partial charge in [-0.05, 0) is 39.9 Å². The number of carboxylic acid groups (broad SMARTS) is 1. The SMILES string of the molecule is Cc1cc(Br)cnc1NC(=O)C(C(=O)O)C(C)(C)C. The molecule has 104 valence electrons. The molecule has 1 amide bonds. The molecule has 5 nitrogen and oxygen atoms in total. The number of aliphatic carboxylic acids is 1. The van der Waals surface area contributed by atoms with Gasteiger partial charge in [-0.3, -0.25) is 9.59 Å². The summed E-state index contributed by atoms with van der Waals surface area (Å²) in [6.45, 7) is 6.94. The number of carbonyl (C=O) groups is 2. The highest BCUT2D eigenvalue weighted by Gasteiger charge is 2.37. The first-order valence-electron chi connectivity index (χ1n) is 5.78. The van der Waals surface area contributed by atoms with E-state index in [0.29, 0.717) is 5.82 Å². The summed E-state index contributed by atoms with van der Waals surface area (Å²) in [7, 11) is 0. The van der Waals surface area contributed by atoms with E-state index in [2.05, 4.69) is 26.2 Å². The van der Waals surface area contributed by atoms with Gasteiger partial charge >= 0.3 is 5.97 Å². The van der Waals surface area contributed by atoms with Gasteiger partial charge in [0.15, 0.2) is 0 Å². The second-order valence-corrected chi connectivity index (χ2v) is 6.36. The van der Waals surface area contributed by atoms with Crippen LogP contribution < -0.4 is 5.32 Å². The third-order valence-corrected chi connectivity index (χ3v) is 3.10. The van der Waals surface area contributed by atoms with E-state index in [4.69, 9.17) is 0 Å². The number of pyridine rings is 1. The third kappa shape index (κ3) is 4.02. The zero-order valence-electron chi connectivity index (χ0n) is 11.3. The minimum atomic E-state index is -1.14. The lowest BCUT2D eigenvalue weighted by molar-refractivity contribution is -0.149. The molecule has 0 aliphatic heterocycles. The van der Waals surface area contributed by atoms with Gasteiger partial charge in [-0.2, -0.15) is 0 Å². The lowest BCUT2D eigenvalue weighted by Crippen LogP contribution is -2.39. The van der Waals surface area contributed by atoms with Gasteiger partial charge in [0.1, 0.15) is 11.7 Å². The van der Waals surface area contributed by atoms with Gasteiger partial charge in [-0.1, -0.05) is 20.8 Å². The van der Waals surface area contributed by atoms with Crippen molar-refractivity contribution in [2.75, 3.05) is 5.32 Å². The van der Waals surface area contributed by atoms with Crippen LogP contribution in [-0.2, 0) is 9.59 Å². The highest BCUT2D eigenvalue weighted by atomic mass is 79.9. The van der Waals surface area contributed by atoms with Crippen LogP contribution in [0.3, 0.4) is 0 Å². The normalized spacial score (nSPS) is 12.9. The number of aromatic nitrogens is 1. The average molecular weight is 329 g/mol. The van der Waals surface area contributed by atoms with Gasteiger partial charge < -0.3 is 10.4 Å². The summed E-state index contributed by atoms with van der Waals surface area (Å²) < 4.78 is 0.800. The fourth-order valence-corrected chi connectivity index (χ4v) is 2.18. The number of amides is 1. The lowest BCUT2D eigenvalue weighted by atomic mass is 9.80. The van der Waals surface area contributed by atoms with Crippen LogP contribution in [0.5, 0.6) is 0 Å². The predicted molar refractivity (Wildman–Crippen MR) is 75.9 cm³/mol. The smallest absolute Gasteiger partial charge is 0.316 e. The Morgan fingerprint density at radius 3 is 2.42 bits per heavy atom. The Kier molecular flexibility index (Phi) is 4.68. The molecule has 0 radical (unpaired) electrons. The highest BCUT2D eigenvalue weighted by molar-refractivity contribution is 9.10. The Hall–Kier alpha value is -1.43. The molecule has 1 aromatic heterocycles. The van der Waals surface area contributed by atoms with Crippen molar-refractivity contribution in [1.82, 2.24) is 4.98 Å². The predicted octanol–water partition coefficient (Wildman–Crippen LogP) is 2.84. The van der Waals surface area contributed by atoms with E-state index in [1.165, 1.54) is 0 Å². The van der Waals surface area contributed by atoms with E-state index >= 15 is 0 Å². The summed E-state index contributed by atoms with van der Waals surface area (Å²) in [5, 5.41) is 11.8. The van der Waals surface area contributed by atoms with E-state index in [-0.39, 0.29) is 0 Å². The number of halogens is 1. The van der Waals surface area contributed by atoms with Crippen molar-refractivity contribution >= 4 is 33.6 Å². The molecule has 1 unspecified atom stereocenters. The fourth-order valence-electron chi connectivity index (χ4n) is 1.74. The molecule has 0 saturated heterocycles. The maximum Gasteiger partial charge on any atom is 0.316 e. The van der Waals surface area contributed by atoms with Crippen molar-refractivity contribution in [2.45, 2.75) is 27.7 Å². The first kappa shape index (κ1) is 15.6. The number of carbonyl (C=O) groups excluding carboxylic acids is 1. The second kappa shape index (κ2) is 5.69. The first-order valence-corrected chi connectivity index (χ1v) is 6.58. The molecule has 0 aromatic carbocycles. The molecule has 2 N–H and O–H groups in total. The summed E-state index contributed by atoms with van der Waals surface area (Å²) >= 11 is 3.28. The Labute approximate surface area is 120 Å². The topological polar surface area (TPSA) is 79.3 Å².